The van der Waals surface area contributed by atoms with Gasteiger partial charge in [0, 0.05) is 18.2 Å². The van der Waals surface area contributed by atoms with E-state index in [0.29, 0.717) is 4.90 Å². The molecule has 2 aromatic carbocycles. The van der Waals surface area contributed by atoms with E-state index in [0.717, 1.165) is 46.9 Å². The van der Waals surface area contributed by atoms with Gasteiger partial charge in [-0.05, 0) is 54.4 Å². The van der Waals surface area contributed by atoms with Crippen molar-refractivity contribution in [3.63, 3.8) is 0 Å². The minimum Gasteiger partial charge on any atom is -0.497 e. The van der Waals surface area contributed by atoms with Crippen LogP contribution in [0.4, 0.5) is 0 Å². The molecular formula is C19H18N2O3S. The Morgan fingerprint density at radius 1 is 1.08 bits per heavy atom. The fourth-order valence-corrected chi connectivity index (χ4v) is 3.93. The Morgan fingerprint density at radius 3 is 2.52 bits per heavy atom. The number of methoxy groups -OCH3 is 1. The molecule has 25 heavy (non-hydrogen) atoms. The van der Waals surface area contributed by atoms with Crippen molar-refractivity contribution in [2.75, 3.05) is 13.4 Å². The zero-order chi connectivity index (χ0) is 17.6. The van der Waals surface area contributed by atoms with E-state index in [-0.39, 0.29) is 0 Å². The van der Waals surface area contributed by atoms with Crippen LogP contribution < -0.4 is 4.74 Å². The number of aryl methyl sites for hydroxylation is 2. The van der Waals surface area contributed by atoms with Crippen LogP contribution in [0.2, 0.25) is 0 Å². The van der Waals surface area contributed by atoms with E-state index in [1.165, 1.54) is 6.26 Å². The van der Waals surface area contributed by atoms with Crippen LogP contribution in [0.1, 0.15) is 11.4 Å². The molecule has 0 bridgehead atoms. The second-order valence-electron chi connectivity index (χ2n) is 6.19. The maximum Gasteiger partial charge on any atom is 0.175 e. The van der Waals surface area contributed by atoms with Gasteiger partial charge in [-0.2, -0.15) is 0 Å². The molecule has 0 saturated carbocycles. The molecule has 1 aliphatic rings. The lowest BCUT2D eigenvalue weighted by atomic mass is 10.0. The van der Waals surface area contributed by atoms with Crippen LogP contribution >= 0.6 is 0 Å². The number of ether oxygens (including phenoxy) is 1. The highest BCUT2D eigenvalue weighted by atomic mass is 32.2. The van der Waals surface area contributed by atoms with Crippen molar-refractivity contribution in [3.8, 4) is 22.7 Å². The average molecular weight is 354 g/mol. The van der Waals surface area contributed by atoms with Crippen molar-refractivity contribution >= 4 is 9.84 Å². The van der Waals surface area contributed by atoms with Crippen LogP contribution in [-0.4, -0.2) is 31.3 Å². The van der Waals surface area contributed by atoms with Crippen LogP contribution in [0.5, 0.6) is 5.75 Å². The number of benzene rings is 2. The van der Waals surface area contributed by atoms with E-state index in [1.54, 1.807) is 19.2 Å². The molecule has 0 unspecified atom stereocenters. The maximum absolute atomic E-state index is 11.8. The Hall–Kier alpha value is -2.60. The van der Waals surface area contributed by atoms with Crippen molar-refractivity contribution in [1.82, 2.24) is 9.55 Å². The number of sulfone groups is 1. The molecule has 2 heterocycles. The number of hydrogen-bond donors (Lipinski definition) is 0. The van der Waals surface area contributed by atoms with Gasteiger partial charge in [0.1, 0.15) is 11.6 Å². The molecule has 0 N–H and O–H groups in total. The molecule has 1 aromatic heterocycles. The first-order valence-corrected chi connectivity index (χ1v) is 9.91. The molecule has 0 spiro atoms. The number of hydrogen-bond acceptors (Lipinski definition) is 4. The molecule has 1 aliphatic heterocycles. The lowest BCUT2D eigenvalue weighted by Gasteiger charge is -2.21. The normalized spacial score (nSPS) is 13.2. The number of rotatable bonds is 3. The van der Waals surface area contributed by atoms with Gasteiger partial charge < -0.3 is 4.74 Å². The molecule has 0 atom stereocenters. The molecule has 4 rings (SSSR count). The zero-order valence-electron chi connectivity index (χ0n) is 14.1. The summed E-state index contributed by atoms with van der Waals surface area (Å²) < 4.78 is 31.0. The summed E-state index contributed by atoms with van der Waals surface area (Å²) in [5.74, 6) is 1.80. The predicted molar refractivity (Wildman–Crippen MR) is 96.1 cm³/mol. The zero-order valence-corrected chi connectivity index (χ0v) is 14.9. The Labute approximate surface area is 146 Å². The van der Waals surface area contributed by atoms with E-state index in [2.05, 4.69) is 9.55 Å². The Bertz CT molecular complexity index is 1050. The summed E-state index contributed by atoms with van der Waals surface area (Å²) in [7, 11) is -1.56. The van der Waals surface area contributed by atoms with E-state index in [9.17, 15) is 8.42 Å². The van der Waals surface area contributed by atoms with Crippen molar-refractivity contribution in [2.45, 2.75) is 17.7 Å². The van der Waals surface area contributed by atoms with Crippen LogP contribution in [-0.2, 0) is 22.7 Å². The van der Waals surface area contributed by atoms with Gasteiger partial charge in [-0.3, -0.25) is 4.57 Å². The summed E-state index contributed by atoms with van der Waals surface area (Å²) in [4.78, 5) is 4.92. The lowest BCUT2D eigenvalue weighted by Crippen LogP contribution is -2.14. The molecular weight excluding hydrogens is 336 g/mol. The highest BCUT2D eigenvalue weighted by molar-refractivity contribution is 7.90. The smallest absolute Gasteiger partial charge is 0.175 e. The number of imidazole rings is 1. The van der Waals surface area contributed by atoms with Gasteiger partial charge in [0.05, 0.1) is 29.6 Å². The topological polar surface area (TPSA) is 61.2 Å². The predicted octanol–water partition coefficient (Wildman–Crippen LogP) is 3.05. The summed E-state index contributed by atoms with van der Waals surface area (Å²) in [6.07, 6.45) is 4.69. The molecule has 0 fully saturated rings. The maximum atomic E-state index is 11.8. The molecule has 128 valence electrons. The Kier molecular flexibility index (Phi) is 3.65. The Morgan fingerprint density at radius 2 is 1.84 bits per heavy atom. The monoisotopic (exact) mass is 354 g/mol. The lowest BCUT2D eigenvalue weighted by molar-refractivity contribution is 0.415. The third-order valence-electron chi connectivity index (χ3n) is 4.56. The third-order valence-corrected chi connectivity index (χ3v) is 5.67. The molecule has 6 heteroatoms. The van der Waals surface area contributed by atoms with Crippen LogP contribution in [0, 0.1) is 0 Å². The minimum absolute atomic E-state index is 0.362. The first-order chi connectivity index (χ1) is 12.0. The van der Waals surface area contributed by atoms with Gasteiger partial charge in [0.2, 0.25) is 0 Å². The van der Waals surface area contributed by atoms with Gasteiger partial charge in [-0.15, -0.1) is 0 Å². The summed E-state index contributed by atoms with van der Waals surface area (Å²) in [5.41, 5.74) is 4.06. The standard InChI is InChI=1S/C19H18N2O3S/c1-24-15-6-3-13(4-7-15)18-12-20-19-10-5-14-11-16(25(2,22)23)8-9-17(14)21(18)19/h3-4,6-9,11-12H,5,10H2,1-2H3. The Balaban J connectivity index is 1.85. The van der Waals surface area contributed by atoms with Crippen LogP contribution in [0.15, 0.2) is 53.6 Å². The van der Waals surface area contributed by atoms with Gasteiger partial charge in [-0.1, -0.05) is 0 Å². The van der Waals surface area contributed by atoms with Crippen molar-refractivity contribution in [2.24, 2.45) is 0 Å². The highest BCUT2D eigenvalue weighted by Gasteiger charge is 2.22. The van der Waals surface area contributed by atoms with E-state index in [1.807, 2.05) is 36.5 Å². The third kappa shape index (κ3) is 2.72. The summed E-state index contributed by atoms with van der Waals surface area (Å²) in [5, 5.41) is 0. The second kappa shape index (κ2) is 5.74. The average Bonchev–Trinajstić information content (AvgIpc) is 3.05. The largest absolute Gasteiger partial charge is 0.497 e. The van der Waals surface area contributed by atoms with Gasteiger partial charge >= 0.3 is 0 Å². The van der Waals surface area contributed by atoms with E-state index < -0.39 is 9.84 Å². The first-order valence-electron chi connectivity index (χ1n) is 8.02. The van der Waals surface area contributed by atoms with Gasteiger partial charge in [0.25, 0.3) is 0 Å². The molecule has 0 saturated heterocycles. The number of fused-ring (bicyclic) bond motifs is 3. The van der Waals surface area contributed by atoms with Crippen molar-refractivity contribution in [1.29, 1.82) is 0 Å². The van der Waals surface area contributed by atoms with E-state index >= 15 is 0 Å². The number of aromatic nitrogens is 2. The van der Waals surface area contributed by atoms with E-state index in [4.69, 9.17) is 4.74 Å². The fourth-order valence-electron chi connectivity index (χ4n) is 3.26. The summed E-state index contributed by atoms with van der Waals surface area (Å²) >= 11 is 0. The first kappa shape index (κ1) is 15.9. The summed E-state index contributed by atoms with van der Waals surface area (Å²) in [6, 6.07) is 13.2. The molecule has 5 nitrogen and oxygen atoms in total. The van der Waals surface area contributed by atoms with Gasteiger partial charge in [-0.25, -0.2) is 13.4 Å². The van der Waals surface area contributed by atoms with Crippen LogP contribution in [0.25, 0.3) is 16.9 Å². The highest BCUT2D eigenvalue weighted by Crippen LogP contribution is 2.33. The molecule has 0 aliphatic carbocycles. The second-order valence-corrected chi connectivity index (χ2v) is 8.20. The molecule has 0 amide bonds. The van der Waals surface area contributed by atoms with Crippen molar-refractivity contribution < 1.29 is 13.2 Å². The number of nitrogens with zero attached hydrogens (tertiary/aromatic N) is 2. The quantitative estimate of drug-likeness (QED) is 0.725. The fraction of sp³-hybridized carbons (Fsp3) is 0.211. The minimum atomic E-state index is -3.21. The van der Waals surface area contributed by atoms with Crippen molar-refractivity contribution in [3.05, 3.63) is 60.0 Å². The molecule has 3 aromatic rings. The molecule has 0 radical (unpaired) electrons. The summed E-state index contributed by atoms with van der Waals surface area (Å²) in [6.45, 7) is 0. The van der Waals surface area contributed by atoms with Crippen LogP contribution in [0.3, 0.4) is 0 Å². The SMILES string of the molecule is COc1ccc(-c2cnc3n2-c2ccc(S(C)(=O)=O)cc2CC3)cc1. The van der Waals surface area contributed by atoms with Gasteiger partial charge in [0.15, 0.2) is 9.84 Å².